The van der Waals surface area contributed by atoms with Crippen molar-refractivity contribution in [2.45, 2.75) is 46.3 Å². The summed E-state index contributed by atoms with van der Waals surface area (Å²) in [6.07, 6.45) is 2.10. The Hall–Kier alpha value is -2.67. The fourth-order valence-corrected chi connectivity index (χ4v) is 4.57. The quantitative estimate of drug-likeness (QED) is 0.657. The molecule has 7 heteroatoms. The molecule has 0 spiro atoms. The van der Waals surface area contributed by atoms with Crippen molar-refractivity contribution < 1.29 is 9.53 Å². The average Bonchev–Trinajstić information content (AvgIpc) is 2.99. The highest BCUT2D eigenvalue weighted by molar-refractivity contribution is 7.19. The zero-order valence-corrected chi connectivity index (χ0v) is 17.4. The minimum Gasteiger partial charge on any atom is -0.444 e. The van der Waals surface area contributed by atoms with Gasteiger partial charge in [0.15, 0.2) is 0 Å². The Morgan fingerprint density at radius 3 is 2.86 bits per heavy atom. The number of fused-ring (bicyclic) bond motifs is 3. The normalized spacial score (nSPS) is 14.1. The zero-order chi connectivity index (χ0) is 19.9. The Morgan fingerprint density at radius 1 is 1.29 bits per heavy atom. The van der Waals surface area contributed by atoms with E-state index in [1.165, 1.54) is 11.1 Å². The van der Waals surface area contributed by atoms with E-state index in [1.807, 2.05) is 32.9 Å². The molecule has 146 valence electrons. The standard InChI is InChI=1S/C21H24N4O2S/c1-13-6-5-7-14(10-13)24-18-17-15-8-9-25(20(26)27-21(2,3)4)11-16(15)28-19(17)23-12-22-18/h5-7,10,12H,8-9,11H2,1-4H3,(H,22,23,24). The van der Waals surface area contributed by atoms with E-state index in [2.05, 4.69) is 34.3 Å². The monoisotopic (exact) mass is 396 g/mol. The van der Waals surface area contributed by atoms with Gasteiger partial charge in [0.25, 0.3) is 0 Å². The van der Waals surface area contributed by atoms with Crippen LogP contribution in [-0.2, 0) is 17.7 Å². The van der Waals surface area contributed by atoms with E-state index in [-0.39, 0.29) is 6.09 Å². The van der Waals surface area contributed by atoms with E-state index in [9.17, 15) is 4.79 Å². The average molecular weight is 397 g/mol. The summed E-state index contributed by atoms with van der Waals surface area (Å²) in [6.45, 7) is 8.91. The zero-order valence-electron chi connectivity index (χ0n) is 16.6. The molecule has 0 saturated carbocycles. The summed E-state index contributed by atoms with van der Waals surface area (Å²) in [6, 6.07) is 8.22. The van der Waals surface area contributed by atoms with Crippen LogP contribution >= 0.6 is 11.3 Å². The number of hydrogen-bond acceptors (Lipinski definition) is 6. The molecule has 6 nitrogen and oxygen atoms in total. The number of nitrogens with one attached hydrogen (secondary N) is 1. The number of thiophene rings is 1. The van der Waals surface area contributed by atoms with Crippen LogP contribution in [0, 0.1) is 6.92 Å². The lowest BCUT2D eigenvalue weighted by Crippen LogP contribution is -2.39. The summed E-state index contributed by atoms with van der Waals surface area (Å²) in [5, 5.41) is 4.50. The summed E-state index contributed by atoms with van der Waals surface area (Å²) >= 11 is 1.63. The molecule has 0 saturated heterocycles. The minimum absolute atomic E-state index is 0.264. The van der Waals surface area contributed by atoms with Gasteiger partial charge in [-0.3, -0.25) is 0 Å². The fourth-order valence-electron chi connectivity index (χ4n) is 3.36. The molecule has 2 aromatic heterocycles. The van der Waals surface area contributed by atoms with Crippen molar-refractivity contribution in [3.8, 4) is 0 Å². The van der Waals surface area contributed by atoms with Crippen molar-refractivity contribution in [2.24, 2.45) is 0 Å². The number of aryl methyl sites for hydroxylation is 1. The molecule has 0 bridgehead atoms. The molecule has 4 rings (SSSR count). The molecule has 28 heavy (non-hydrogen) atoms. The van der Waals surface area contributed by atoms with Crippen molar-refractivity contribution >= 4 is 39.2 Å². The number of hydrogen-bond donors (Lipinski definition) is 1. The van der Waals surface area contributed by atoms with E-state index < -0.39 is 5.60 Å². The van der Waals surface area contributed by atoms with Crippen LogP contribution < -0.4 is 5.32 Å². The second kappa shape index (κ2) is 7.05. The van der Waals surface area contributed by atoms with Gasteiger partial charge in [0.05, 0.1) is 11.9 Å². The first kappa shape index (κ1) is 18.7. The number of rotatable bonds is 2. The van der Waals surface area contributed by atoms with Gasteiger partial charge in [-0.15, -0.1) is 11.3 Å². The van der Waals surface area contributed by atoms with Crippen LogP contribution in [-0.4, -0.2) is 33.1 Å². The summed E-state index contributed by atoms with van der Waals surface area (Å²) in [7, 11) is 0. The van der Waals surface area contributed by atoms with Crippen molar-refractivity contribution in [1.29, 1.82) is 0 Å². The van der Waals surface area contributed by atoms with Crippen LogP contribution in [0.4, 0.5) is 16.3 Å². The molecule has 1 amide bonds. The van der Waals surface area contributed by atoms with Gasteiger partial charge in [-0.05, 0) is 57.4 Å². The number of carbonyl (C=O) groups is 1. The first-order valence-electron chi connectivity index (χ1n) is 9.37. The summed E-state index contributed by atoms with van der Waals surface area (Å²) < 4.78 is 5.53. The molecule has 0 fully saturated rings. The number of amides is 1. The van der Waals surface area contributed by atoms with Gasteiger partial charge in [-0.2, -0.15) is 0 Å². The Morgan fingerprint density at radius 2 is 2.11 bits per heavy atom. The second-order valence-corrected chi connectivity index (χ2v) is 9.14. The Bertz CT molecular complexity index is 1040. The third-order valence-corrected chi connectivity index (χ3v) is 5.69. The molecule has 3 aromatic rings. The lowest BCUT2D eigenvalue weighted by Gasteiger charge is -2.30. The lowest BCUT2D eigenvalue weighted by atomic mass is 10.1. The molecule has 1 N–H and O–H groups in total. The predicted molar refractivity (Wildman–Crippen MR) is 112 cm³/mol. The molecule has 3 heterocycles. The third-order valence-electron chi connectivity index (χ3n) is 4.57. The van der Waals surface area contributed by atoms with Gasteiger partial charge >= 0.3 is 6.09 Å². The van der Waals surface area contributed by atoms with Gasteiger partial charge in [0, 0.05) is 17.1 Å². The van der Waals surface area contributed by atoms with Crippen LogP contribution in [0.5, 0.6) is 0 Å². The number of carbonyl (C=O) groups excluding carboxylic acids is 1. The van der Waals surface area contributed by atoms with E-state index in [4.69, 9.17) is 4.74 Å². The number of ether oxygens (including phenoxy) is 1. The molecule has 0 radical (unpaired) electrons. The Labute approximate surface area is 168 Å². The molecule has 1 aliphatic rings. The van der Waals surface area contributed by atoms with E-state index in [0.717, 1.165) is 33.0 Å². The van der Waals surface area contributed by atoms with Crippen molar-refractivity contribution in [3.05, 3.63) is 46.6 Å². The van der Waals surface area contributed by atoms with Gasteiger partial charge < -0.3 is 15.0 Å². The van der Waals surface area contributed by atoms with E-state index >= 15 is 0 Å². The predicted octanol–water partition coefficient (Wildman–Crippen LogP) is 5.04. The van der Waals surface area contributed by atoms with Gasteiger partial charge in [-0.25, -0.2) is 14.8 Å². The maximum Gasteiger partial charge on any atom is 0.410 e. The Balaban J connectivity index is 1.64. The van der Waals surface area contributed by atoms with Crippen LogP contribution in [0.2, 0.25) is 0 Å². The maximum atomic E-state index is 12.4. The highest BCUT2D eigenvalue weighted by atomic mass is 32.1. The summed E-state index contributed by atoms with van der Waals surface area (Å²) in [5.41, 5.74) is 2.94. The Kier molecular flexibility index (Phi) is 4.71. The summed E-state index contributed by atoms with van der Waals surface area (Å²) in [4.78, 5) is 25.3. The fraction of sp³-hybridized carbons (Fsp3) is 0.381. The molecule has 1 aromatic carbocycles. The third kappa shape index (κ3) is 3.80. The molecular formula is C21H24N4O2S. The summed E-state index contributed by atoms with van der Waals surface area (Å²) in [5.74, 6) is 0.818. The highest BCUT2D eigenvalue weighted by Gasteiger charge is 2.29. The van der Waals surface area contributed by atoms with E-state index in [0.29, 0.717) is 13.1 Å². The van der Waals surface area contributed by atoms with Crippen molar-refractivity contribution in [2.75, 3.05) is 11.9 Å². The van der Waals surface area contributed by atoms with Crippen LogP contribution in [0.25, 0.3) is 10.2 Å². The maximum absolute atomic E-state index is 12.4. The number of aromatic nitrogens is 2. The smallest absolute Gasteiger partial charge is 0.410 e. The van der Waals surface area contributed by atoms with E-state index in [1.54, 1.807) is 22.6 Å². The first-order valence-corrected chi connectivity index (χ1v) is 10.2. The number of nitrogens with zero attached hydrogens (tertiary/aromatic N) is 3. The molecule has 1 aliphatic heterocycles. The molecule has 0 aliphatic carbocycles. The number of benzene rings is 1. The van der Waals surface area contributed by atoms with Crippen LogP contribution in [0.3, 0.4) is 0 Å². The molecule has 0 unspecified atom stereocenters. The van der Waals surface area contributed by atoms with Gasteiger partial charge in [-0.1, -0.05) is 12.1 Å². The minimum atomic E-state index is -0.492. The van der Waals surface area contributed by atoms with Crippen LogP contribution in [0.1, 0.15) is 36.8 Å². The van der Waals surface area contributed by atoms with Gasteiger partial charge in [0.2, 0.25) is 0 Å². The molecule has 0 atom stereocenters. The SMILES string of the molecule is Cc1cccc(Nc2ncnc3sc4c(c23)CCN(C(=O)OC(C)(C)C)C4)c1. The lowest BCUT2D eigenvalue weighted by molar-refractivity contribution is 0.0227. The largest absolute Gasteiger partial charge is 0.444 e. The van der Waals surface area contributed by atoms with Crippen molar-refractivity contribution in [3.63, 3.8) is 0 Å². The first-order chi connectivity index (χ1) is 13.3. The van der Waals surface area contributed by atoms with Gasteiger partial charge in [0.1, 0.15) is 22.6 Å². The highest BCUT2D eigenvalue weighted by Crippen LogP contribution is 2.38. The topological polar surface area (TPSA) is 67.4 Å². The van der Waals surface area contributed by atoms with Crippen LogP contribution in [0.15, 0.2) is 30.6 Å². The number of anilines is 2. The molecular weight excluding hydrogens is 372 g/mol. The van der Waals surface area contributed by atoms with Crippen molar-refractivity contribution in [1.82, 2.24) is 14.9 Å². The second-order valence-electron chi connectivity index (χ2n) is 8.05.